The molecule has 3 heterocycles. The average Bonchev–Trinajstić information content (AvgIpc) is 2.61. The summed E-state index contributed by atoms with van der Waals surface area (Å²) in [6.07, 6.45) is 6.58. The molecule has 0 saturated carbocycles. The van der Waals surface area contributed by atoms with Crippen LogP contribution in [0, 0.1) is 17.7 Å². The number of anilines is 1. The van der Waals surface area contributed by atoms with E-state index in [0.29, 0.717) is 31.4 Å². The number of rotatable bonds is 4. The first kappa shape index (κ1) is 16.2. The number of pyridine rings is 1. The molecule has 0 spiro atoms. The van der Waals surface area contributed by atoms with Crippen molar-refractivity contribution in [1.29, 1.82) is 0 Å². The van der Waals surface area contributed by atoms with Crippen LogP contribution in [0.2, 0.25) is 0 Å². The molecule has 2 aliphatic heterocycles. The molecule has 0 radical (unpaired) electrons. The quantitative estimate of drug-likeness (QED) is 0.921. The number of hydrogen-bond donors (Lipinski definition) is 1. The molecule has 0 bridgehead atoms. The molecule has 1 amide bonds. The van der Waals surface area contributed by atoms with E-state index in [-0.39, 0.29) is 17.6 Å². The molecular weight excluding hydrogens is 297 g/mol. The molecule has 1 unspecified atom stereocenters. The highest BCUT2D eigenvalue weighted by Gasteiger charge is 2.25. The van der Waals surface area contributed by atoms with E-state index >= 15 is 0 Å². The predicted octanol–water partition coefficient (Wildman–Crippen LogP) is 1.98. The second-order valence-corrected chi connectivity index (χ2v) is 6.41. The van der Waals surface area contributed by atoms with Crippen molar-refractivity contribution in [3.8, 4) is 0 Å². The maximum absolute atomic E-state index is 13.9. The molecule has 3 rings (SSSR count). The Labute approximate surface area is 136 Å². The van der Waals surface area contributed by atoms with Crippen molar-refractivity contribution in [3.05, 3.63) is 24.3 Å². The molecule has 1 aromatic heterocycles. The van der Waals surface area contributed by atoms with Crippen LogP contribution in [-0.2, 0) is 9.53 Å². The lowest BCUT2D eigenvalue weighted by molar-refractivity contribution is -0.128. The van der Waals surface area contributed by atoms with Gasteiger partial charge in [-0.1, -0.05) is 0 Å². The largest absolute Gasteiger partial charge is 0.381 e. The number of carbonyl (C=O) groups excluding carboxylic acids is 1. The van der Waals surface area contributed by atoms with Gasteiger partial charge in [-0.15, -0.1) is 0 Å². The normalized spacial score (nSPS) is 22.8. The summed E-state index contributed by atoms with van der Waals surface area (Å²) >= 11 is 0. The fourth-order valence-corrected chi connectivity index (χ4v) is 3.42. The summed E-state index contributed by atoms with van der Waals surface area (Å²) in [4.78, 5) is 18.1. The molecule has 0 aliphatic carbocycles. The number of piperidine rings is 1. The van der Waals surface area contributed by atoms with Gasteiger partial charge in [0, 0.05) is 45.0 Å². The second kappa shape index (κ2) is 7.73. The lowest BCUT2D eigenvalue weighted by atomic mass is 9.96. The zero-order valence-corrected chi connectivity index (χ0v) is 13.3. The lowest BCUT2D eigenvalue weighted by Gasteiger charge is -2.34. The van der Waals surface area contributed by atoms with Gasteiger partial charge in [0.2, 0.25) is 5.91 Å². The van der Waals surface area contributed by atoms with Gasteiger partial charge < -0.3 is 15.0 Å². The smallest absolute Gasteiger partial charge is 0.223 e. The highest BCUT2D eigenvalue weighted by atomic mass is 19.1. The molecule has 1 aromatic rings. The van der Waals surface area contributed by atoms with Crippen molar-refractivity contribution in [2.24, 2.45) is 11.8 Å². The van der Waals surface area contributed by atoms with Crippen molar-refractivity contribution in [3.63, 3.8) is 0 Å². The monoisotopic (exact) mass is 321 g/mol. The van der Waals surface area contributed by atoms with E-state index in [0.717, 1.165) is 38.8 Å². The topological polar surface area (TPSA) is 54.5 Å². The summed E-state index contributed by atoms with van der Waals surface area (Å²) in [5.41, 5.74) is 0.612. The first-order chi connectivity index (χ1) is 11.2. The Morgan fingerprint density at radius 3 is 3.00 bits per heavy atom. The van der Waals surface area contributed by atoms with E-state index in [1.165, 1.54) is 6.20 Å². The summed E-state index contributed by atoms with van der Waals surface area (Å²) in [7, 11) is 0. The number of aromatic nitrogens is 1. The maximum Gasteiger partial charge on any atom is 0.223 e. The zero-order chi connectivity index (χ0) is 16.1. The molecular formula is C17H24FN3O2. The Morgan fingerprint density at radius 2 is 2.22 bits per heavy atom. The summed E-state index contributed by atoms with van der Waals surface area (Å²) < 4.78 is 19.2. The van der Waals surface area contributed by atoms with Crippen molar-refractivity contribution in [2.75, 3.05) is 37.7 Å². The fraction of sp³-hybridized carbons (Fsp3) is 0.647. The van der Waals surface area contributed by atoms with Crippen LogP contribution in [0.25, 0.3) is 0 Å². The van der Waals surface area contributed by atoms with E-state index in [9.17, 15) is 9.18 Å². The van der Waals surface area contributed by atoms with Crippen molar-refractivity contribution < 1.29 is 13.9 Å². The van der Waals surface area contributed by atoms with Crippen LogP contribution in [-0.4, -0.2) is 43.7 Å². The number of halogens is 1. The highest BCUT2D eigenvalue weighted by Crippen LogP contribution is 2.25. The van der Waals surface area contributed by atoms with Gasteiger partial charge in [-0.25, -0.2) is 4.39 Å². The predicted molar refractivity (Wildman–Crippen MR) is 85.7 cm³/mol. The standard InChI is InChI=1S/C17H24FN3O2/c18-15-11-19-6-3-16(15)21-7-1-2-13(12-21)10-20-17(22)14-4-8-23-9-5-14/h3,6,11,13-14H,1-2,4-5,7-10,12H2,(H,20,22). The van der Waals surface area contributed by atoms with Gasteiger partial charge in [0.25, 0.3) is 0 Å². The first-order valence-electron chi connectivity index (χ1n) is 8.44. The van der Waals surface area contributed by atoms with Crippen LogP contribution >= 0.6 is 0 Å². The summed E-state index contributed by atoms with van der Waals surface area (Å²) in [6.45, 7) is 3.65. The molecule has 5 nitrogen and oxygen atoms in total. The van der Waals surface area contributed by atoms with E-state index < -0.39 is 0 Å². The Balaban J connectivity index is 1.51. The van der Waals surface area contributed by atoms with Crippen molar-refractivity contribution in [2.45, 2.75) is 25.7 Å². The third-order valence-electron chi connectivity index (χ3n) is 4.77. The minimum atomic E-state index is -0.278. The second-order valence-electron chi connectivity index (χ2n) is 6.41. The van der Waals surface area contributed by atoms with Crippen molar-refractivity contribution >= 4 is 11.6 Å². The van der Waals surface area contributed by atoms with Crippen LogP contribution in [0.3, 0.4) is 0 Å². The third kappa shape index (κ3) is 4.19. The van der Waals surface area contributed by atoms with Gasteiger partial charge in [0.1, 0.15) is 0 Å². The Bertz CT molecular complexity index is 534. The van der Waals surface area contributed by atoms with Gasteiger partial charge in [-0.2, -0.15) is 0 Å². The minimum Gasteiger partial charge on any atom is -0.381 e. The Morgan fingerprint density at radius 1 is 1.39 bits per heavy atom. The molecule has 2 saturated heterocycles. The summed E-state index contributed by atoms with van der Waals surface area (Å²) in [5, 5.41) is 3.08. The summed E-state index contributed by atoms with van der Waals surface area (Å²) in [5.74, 6) is 0.307. The van der Waals surface area contributed by atoms with Crippen LogP contribution < -0.4 is 10.2 Å². The lowest BCUT2D eigenvalue weighted by Crippen LogP contribution is -2.43. The van der Waals surface area contributed by atoms with E-state index in [1.807, 2.05) is 0 Å². The molecule has 6 heteroatoms. The molecule has 126 valence electrons. The van der Waals surface area contributed by atoms with Crippen molar-refractivity contribution in [1.82, 2.24) is 10.3 Å². The number of carbonyl (C=O) groups is 1. The number of nitrogens with one attached hydrogen (secondary N) is 1. The number of hydrogen-bond acceptors (Lipinski definition) is 4. The van der Waals surface area contributed by atoms with Gasteiger partial charge >= 0.3 is 0 Å². The molecule has 1 N–H and O–H groups in total. The van der Waals surface area contributed by atoms with E-state index in [1.54, 1.807) is 12.3 Å². The molecule has 23 heavy (non-hydrogen) atoms. The number of nitrogens with zero attached hydrogens (tertiary/aromatic N) is 2. The third-order valence-corrected chi connectivity index (χ3v) is 4.77. The summed E-state index contributed by atoms with van der Waals surface area (Å²) in [6, 6.07) is 1.72. The molecule has 0 aromatic carbocycles. The first-order valence-corrected chi connectivity index (χ1v) is 8.44. The average molecular weight is 321 g/mol. The van der Waals surface area contributed by atoms with Gasteiger partial charge in [-0.05, 0) is 37.7 Å². The zero-order valence-electron chi connectivity index (χ0n) is 13.3. The number of amides is 1. The van der Waals surface area contributed by atoms with Crippen LogP contribution in [0.5, 0.6) is 0 Å². The Kier molecular flexibility index (Phi) is 5.43. The van der Waals surface area contributed by atoms with E-state index in [4.69, 9.17) is 4.74 Å². The highest BCUT2D eigenvalue weighted by molar-refractivity contribution is 5.78. The Hall–Kier alpha value is -1.69. The van der Waals surface area contributed by atoms with Crippen LogP contribution in [0.15, 0.2) is 18.5 Å². The van der Waals surface area contributed by atoms with Gasteiger partial charge in [0.15, 0.2) is 5.82 Å². The van der Waals surface area contributed by atoms with Crippen LogP contribution in [0.4, 0.5) is 10.1 Å². The molecule has 1 atom stereocenters. The SMILES string of the molecule is O=C(NCC1CCCN(c2ccncc2F)C1)C1CCOCC1. The van der Waals surface area contributed by atoms with Gasteiger partial charge in [0.05, 0.1) is 11.9 Å². The van der Waals surface area contributed by atoms with Crippen LogP contribution in [0.1, 0.15) is 25.7 Å². The fourth-order valence-electron chi connectivity index (χ4n) is 3.42. The van der Waals surface area contributed by atoms with Gasteiger partial charge in [-0.3, -0.25) is 9.78 Å². The number of ether oxygens (including phenoxy) is 1. The minimum absolute atomic E-state index is 0.0843. The van der Waals surface area contributed by atoms with E-state index in [2.05, 4.69) is 15.2 Å². The molecule has 2 fully saturated rings. The maximum atomic E-state index is 13.9. The molecule has 2 aliphatic rings.